The van der Waals surface area contributed by atoms with Crippen LogP contribution >= 0.6 is 11.6 Å². The van der Waals surface area contributed by atoms with Gasteiger partial charge in [-0.25, -0.2) is 0 Å². The van der Waals surface area contributed by atoms with Crippen LogP contribution in [0.2, 0.25) is 5.22 Å². The van der Waals surface area contributed by atoms with Crippen LogP contribution in [-0.4, -0.2) is 11.8 Å². The lowest BCUT2D eigenvalue weighted by Crippen LogP contribution is -2.16. The lowest BCUT2D eigenvalue weighted by Gasteiger charge is -2.13. The normalized spacial score (nSPS) is 15.7. The van der Waals surface area contributed by atoms with Gasteiger partial charge in [0, 0.05) is 0 Å². The number of benzene rings is 1. The minimum Gasteiger partial charge on any atom is -0.448 e. The number of rotatable bonds is 2. The Morgan fingerprint density at radius 1 is 1.10 bits per heavy atom. The number of hydrogen-bond donors (Lipinski definition) is 3. The smallest absolute Gasteiger partial charge is 0.233 e. The molecule has 0 saturated heterocycles. The van der Waals surface area contributed by atoms with Crippen molar-refractivity contribution in [3.63, 3.8) is 0 Å². The van der Waals surface area contributed by atoms with Crippen LogP contribution in [0.3, 0.4) is 0 Å². The summed E-state index contributed by atoms with van der Waals surface area (Å²) in [5.74, 6) is -0.192. The molecule has 1 atom stereocenters. The number of halogens is 1. The molecule has 0 fully saturated rings. The summed E-state index contributed by atoms with van der Waals surface area (Å²) in [4.78, 5) is 23.0. The van der Waals surface area contributed by atoms with Crippen molar-refractivity contribution >= 4 is 34.8 Å². The zero-order valence-electron chi connectivity index (χ0n) is 10.9. The summed E-state index contributed by atoms with van der Waals surface area (Å²) in [6.45, 7) is 0. The third kappa shape index (κ3) is 2.76. The summed E-state index contributed by atoms with van der Waals surface area (Å²) in [7, 11) is 0. The number of nitrogens with two attached hydrogens (primary N) is 1. The Kier molecular flexibility index (Phi) is 3.40. The number of fused-ring (bicyclic) bond motifs is 1. The molecule has 1 aromatic carbocycles. The topological polar surface area (TPSA) is 97.4 Å². The highest BCUT2D eigenvalue weighted by molar-refractivity contribution is 6.28. The van der Waals surface area contributed by atoms with E-state index in [1.807, 2.05) is 0 Å². The Morgan fingerprint density at radius 2 is 1.81 bits per heavy atom. The van der Waals surface area contributed by atoms with E-state index in [0.717, 1.165) is 5.56 Å². The number of furan rings is 1. The molecular weight excluding hydrogens is 294 g/mol. The highest BCUT2D eigenvalue weighted by Crippen LogP contribution is 2.30. The zero-order valence-corrected chi connectivity index (χ0v) is 11.6. The summed E-state index contributed by atoms with van der Waals surface area (Å²) in [5.41, 5.74) is 7.90. The van der Waals surface area contributed by atoms with Crippen LogP contribution < -0.4 is 16.4 Å². The largest absolute Gasteiger partial charge is 0.448 e. The van der Waals surface area contributed by atoms with Crippen LogP contribution in [0.5, 0.6) is 0 Å². The van der Waals surface area contributed by atoms with Gasteiger partial charge in [-0.05, 0) is 41.4 Å². The Labute approximate surface area is 125 Å². The van der Waals surface area contributed by atoms with Gasteiger partial charge in [-0.1, -0.05) is 6.07 Å². The average molecular weight is 306 g/mol. The molecule has 0 saturated carbocycles. The zero-order chi connectivity index (χ0) is 15.0. The molecule has 0 spiro atoms. The van der Waals surface area contributed by atoms with Gasteiger partial charge in [0.15, 0.2) is 5.22 Å². The van der Waals surface area contributed by atoms with Gasteiger partial charge in [0.2, 0.25) is 11.8 Å². The molecule has 6 nitrogen and oxygen atoms in total. The molecule has 1 aromatic heterocycles. The predicted molar refractivity (Wildman–Crippen MR) is 78.1 cm³/mol. The van der Waals surface area contributed by atoms with Crippen LogP contribution in [-0.2, 0) is 9.59 Å². The molecule has 1 aliphatic heterocycles. The maximum absolute atomic E-state index is 11.6. The van der Waals surface area contributed by atoms with Gasteiger partial charge < -0.3 is 20.8 Å². The summed E-state index contributed by atoms with van der Waals surface area (Å²) >= 11 is 5.74. The molecule has 1 aliphatic rings. The van der Waals surface area contributed by atoms with Gasteiger partial charge >= 0.3 is 0 Å². The van der Waals surface area contributed by atoms with Crippen molar-refractivity contribution in [2.24, 2.45) is 5.73 Å². The van der Waals surface area contributed by atoms with E-state index in [9.17, 15) is 9.59 Å². The average Bonchev–Trinajstić information content (AvgIpc) is 2.79. The summed E-state index contributed by atoms with van der Waals surface area (Å²) in [6, 6.07) is 7.95. The standard InChI is InChI=1S/C14H12ClN3O3/c15-11-4-3-10(21-11)14(16)7-1-2-8-9(5-7)18-13(20)6-12(19)17-8/h1-5,14H,6,16H2,(H,17,19)(H,18,20). The fourth-order valence-corrected chi connectivity index (χ4v) is 2.31. The van der Waals surface area contributed by atoms with Crippen molar-refractivity contribution in [1.82, 2.24) is 0 Å². The number of carbonyl (C=O) groups excluding carboxylic acids is 2. The molecular formula is C14H12ClN3O3. The van der Waals surface area contributed by atoms with Gasteiger partial charge in [-0.3, -0.25) is 9.59 Å². The molecule has 0 aliphatic carbocycles. The first-order chi connectivity index (χ1) is 10.0. The highest BCUT2D eigenvalue weighted by atomic mass is 35.5. The van der Waals surface area contributed by atoms with Crippen LogP contribution in [0.1, 0.15) is 23.8 Å². The van der Waals surface area contributed by atoms with Crippen molar-refractivity contribution in [3.05, 3.63) is 46.9 Å². The number of hydrogen-bond acceptors (Lipinski definition) is 4. The van der Waals surface area contributed by atoms with Crippen molar-refractivity contribution < 1.29 is 14.0 Å². The molecule has 2 heterocycles. The van der Waals surface area contributed by atoms with Gasteiger partial charge in [0.1, 0.15) is 12.2 Å². The second kappa shape index (κ2) is 5.23. The van der Waals surface area contributed by atoms with Crippen LogP contribution in [0.15, 0.2) is 34.7 Å². The van der Waals surface area contributed by atoms with Crippen LogP contribution in [0, 0.1) is 0 Å². The number of amides is 2. The Morgan fingerprint density at radius 3 is 2.48 bits per heavy atom. The first kappa shape index (κ1) is 13.7. The molecule has 2 aromatic rings. The summed E-state index contributed by atoms with van der Waals surface area (Å²) < 4.78 is 5.29. The predicted octanol–water partition coefficient (Wildman–Crippen LogP) is 2.26. The SMILES string of the molecule is NC(c1ccc2c(c1)NC(=O)CC(=O)N2)c1ccc(Cl)o1. The molecule has 2 amide bonds. The number of nitrogens with one attached hydrogen (secondary N) is 2. The van der Waals surface area contributed by atoms with E-state index in [1.54, 1.807) is 30.3 Å². The third-order valence-electron chi connectivity index (χ3n) is 3.17. The minimum atomic E-state index is -0.515. The first-order valence-corrected chi connectivity index (χ1v) is 6.65. The second-order valence-corrected chi connectivity index (χ2v) is 5.07. The fraction of sp³-hybridized carbons (Fsp3) is 0.143. The van der Waals surface area contributed by atoms with Crippen LogP contribution in [0.25, 0.3) is 0 Å². The van der Waals surface area contributed by atoms with Gasteiger partial charge in [0.25, 0.3) is 0 Å². The first-order valence-electron chi connectivity index (χ1n) is 6.27. The van der Waals surface area contributed by atoms with Gasteiger partial charge in [-0.2, -0.15) is 0 Å². The molecule has 0 bridgehead atoms. The highest BCUT2D eigenvalue weighted by Gasteiger charge is 2.20. The monoisotopic (exact) mass is 305 g/mol. The van der Waals surface area contributed by atoms with Crippen molar-refractivity contribution in [2.45, 2.75) is 12.5 Å². The van der Waals surface area contributed by atoms with Crippen LogP contribution in [0.4, 0.5) is 11.4 Å². The molecule has 108 valence electrons. The van der Waals surface area contributed by atoms with E-state index in [0.29, 0.717) is 17.1 Å². The van der Waals surface area contributed by atoms with E-state index in [1.165, 1.54) is 0 Å². The fourth-order valence-electron chi connectivity index (χ4n) is 2.16. The summed E-state index contributed by atoms with van der Waals surface area (Å²) in [6.07, 6.45) is -0.205. The minimum absolute atomic E-state index is 0.205. The van der Waals surface area contributed by atoms with Crippen molar-refractivity contribution in [1.29, 1.82) is 0 Å². The lowest BCUT2D eigenvalue weighted by molar-refractivity contribution is -0.123. The number of carbonyl (C=O) groups is 2. The van der Waals surface area contributed by atoms with Crippen molar-refractivity contribution in [3.8, 4) is 0 Å². The maximum Gasteiger partial charge on any atom is 0.233 e. The van der Waals surface area contributed by atoms with Gasteiger partial charge in [0.05, 0.1) is 17.4 Å². The quantitative estimate of drug-likeness (QED) is 0.741. The molecule has 1 unspecified atom stereocenters. The second-order valence-electron chi connectivity index (χ2n) is 4.70. The Bertz CT molecular complexity index is 726. The van der Waals surface area contributed by atoms with E-state index in [2.05, 4.69) is 10.6 Å². The number of anilines is 2. The molecule has 21 heavy (non-hydrogen) atoms. The van der Waals surface area contributed by atoms with Crippen molar-refractivity contribution in [2.75, 3.05) is 10.6 Å². The van der Waals surface area contributed by atoms with Gasteiger partial charge in [-0.15, -0.1) is 0 Å². The molecule has 0 radical (unpaired) electrons. The van der Waals surface area contributed by atoms with E-state index in [-0.39, 0.29) is 23.5 Å². The Balaban J connectivity index is 1.95. The van der Waals surface area contributed by atoms with E-state index >= 15 is 0 Å². The molecule has 4 N–H and O–H groups in total. The molecule has 3 rings (SSSR count). The molecule has 7 heteroatoms. The Hall–Kier alpha value is -2.31. The van der Waals surface area contributed by atoms with E-state index in [4.69, 9.17) is 21.8 Å². The summed E-state index contributed by atoms with van der Waals surface area (Å²) in [5, 5.41) is 5.59. The van der Waals surface area contributed by atoms with E-state index < -0.39 is 6.04 Å². The third-order valence-corrected chi connectivity index (χ3v) is 3.38. The maximum atomic E-state index is 11.6. The lowest BCUT2D eigenvalue weighted by atomic mass is 10.0.